The van der Waals surface area contributed by atoms with E-state index in [2.05, 4.69) is 10.9 Å². The number of hydrogen-bond acceptors (Lipinski definition) is 3. The van der Waals surface area contributed by atoms with E-state index < -0.39 is 0 Å². The monoisotopic (exact) mass is 127 g/mol. The molecule has 0 unspecified atom stereocenters. The van der Waals surface area contributed by atoms with Gasteiger partial charge in [0.2, 0.25) is 0 Å². The van der Waals surface area contributed by atoms with Gasteiger partial charge in [0, 0.05) is 6.54 Å². The molecule has 0 aromatic carbocycles. The Morgan fingerprint density at radius 3 is 3.00 bits per heavy atom. The second kappa shape index (κ2) is 3.25. The van der Waals surface area contributed by atoms with Gasteiger partial charge in [-0.3, -0.25) is 4.79 Å². The lowest BCUT2D eigenvalue weighted by molar-refractivity contribution is -0.171. The Morgan fingerprint density at radius 1 is 1.56 bits per heavy atom. The summed E-state index contributed by atoms with van der Waals surface area (Å²) in [6.07, 6.45) is 5.02. The average Bonchev–Trinajstić information content (AvgIpc) is 1.91. The van der Waals surface area contributed by atoms with Crippen LogP contribution in [0.5, 0.6) is 0 Å². The van der Waals surface area contributed by atoms with Gasteiger partial charge in [-0.1, -0.05) is 12.2 Å². The van der Waals surface area contributed by atoms with Gasteiger partial charge < -0.3 is 4.84 Å². The first-order valence-electron chi connectivity index (χ1n) is 2.94. The van der Waals surface area contributed by atoms with Crippen molar-refractivity contribution in [3.05, 3.63) is 12.2 Å². The van der Waals surface area contributed by atoms with Crippen LogP contribution in [0.3, 0.4) is 0 Å². The predicted molar refractivity (Wildman–Crippen MR) is 32.5 cm³/mol. The summed E-state index contributed by atoms with van der Waals surface area (Å²) in [6, 6.07) is 0. The minimum atomic E-state index is 0.458. The number of hydroxylamine groups is 2. The van der Waals surface area contributed by atoms with E-state index >= 15 is 0 Å². The quantitative estimate of drug-likeness (QED) is 0.395. The second-order valence-electron chi connectivity index (χ2n) is 1.85. The summed E-state index contributed by atoms with van der Waals surface area (Å²) in [5, 5.41) is 1.62. The zero-order valence-corrected chi connectivity index (χ0v) is 5.12. The molecule has 0 amide bonds. The van der Waals surface area contributed by atoms with E-state index in [0.29, 0.717) is 6.47 Å². The third-order valence-corrected chi connectivity index (χ3v) is 1.21. The Morgan fingerprint density at radius 2 is 2.44 bits per heavy atom. The Kier molecular flexibility index (Phi) is 2.27. The van der Waals surface area contributed by atoms with E-state index in [1.807, 2.05) is 6.08 Å². The molecule has 3 nitrogen and oxygen atoms in total. The first kappa shape index (κ1) is 6.29. The van der Waals surface area contributed by atoms with Crippen molar-refractivity contribution < 1.29 is 9.63 Å². The molecule has 0 saturated heterocycles. The summed E-state index contributed by atoms with van der Waals surface area (Å²) in [4.78, 5) is 14.4. The number of hydrogen-bond donors (Lipinski definition) is 0. The normalized spacial score (nSPS) is 19.6. The molecule has 0 aliphatic carbocycles. The number of carbonyl (C=O) groups is 1. The Balaban J connectivity index is 2.26. The summed E-state index contributed by atoms with van der Waals surface area (Å²) in [5.41, 5.74) is 0. The standard InChI is InChI=1S/C6H9NO2/c8-6-9-7-4-2-1-3-5-7/h1-2,6H,3-5H2. The molecule has 0 bridgehead atoms. The van der Waals surface area contributed by atoms with Crippen LogP contribution in [0.15, 0.2) is 12.2 Å². The first-order valence-corrected chi connectivity index (χ1v) is 2.94. The van der Waals surface area contributed by atoms with E-state index in [1.165, 1.54) is 0 Å². The summed E-state index contributed by atoms with van der Waals surface area (Å²) in [7, 11) is 0. The van der Waals surface area contributed by atoms with Gasteiger partial charge >= 0.3 is 6.47 Å². The van der Waals surface area contributed by atoms with Gasteiger partial charge in [0.1, 0.15) is 0 Å². The fraction of sp³-hybridized carbons (Fsp3) is 0.500. The highest BCUT2D eigenvalue weighted by molar-refractivity contribution is 5.36. The van der Waals surface area contributed by atoms with Crippen LogP contribution in [0.1, 0.15) is 6.42 Å². The van der Waals surface area contributed by atoms with E-state index in [1.54, 1.807) is 5.06 Å². The highest BCUT2D eigenvalue weighted by atomic mass is 16.7. The summed E-state index contributed by atoms with van der Waals surface area (Å²) >= 11 is 0. The lowest BCUT2D eigenvalue weighted by Crippen LogP contribution is -2.26. The van der Waals surface area contributed by atoms with Crippen LogP contribution >= 0.6 is 0 Å². The number of nitrogens with zero attached hydrogens (tertiary/aromatic N) is 1. The molecule has 1 aliphatic heterocycles. The molecular formula is C6H9NO2. The van der Waals surface area contributed by atoms with Crippen LogP contribution < -0.4 is 0 Å². The van der Waals surface area contributed by atoms with Gasteiger partial charge in [-0.05, 0) is 6.42 Å². The largest absolute Gasteiger partial charge is 0.371 e. The van der Waals surface area contributed by atoms with Crippen molar-refractivity contribution in [3.63, 3.8) is 0 Å². The van der Waals surface area contributed by atoms with Crippen LogP contribution in [0.25, 0.3) is 0 Å². The first-order chi connectivity index (χ1) is 4.43. The van der Waals surface area contributed by atoms with Gasteiger partial charge in [-0.15, -0.1) is 5.06 Å². The van der Waals surface area contributed by atoms with Crippen molar-refractivity contribution in [1.29, 1.82) is 0 Å². The SMILES string of the molecule is O=CON1CC=CCC1. The predicted octanol–water partition coefficient (Wildman–Crippen LogP) is 0.336. The smallest absolute Gasteiger partial charge is 0.313 e. The minimum absolute atomic E-state index is 0.458. The Bertz CT molecular complexity index is 122. The van der Waals surface area contributed by atoms with Crippen molar-refractivity contribution in [2.45, 2.75) is 6.42 Å². The molecule has 3 heteroatoms. The summed E-state index contributed by atoms with van der Waals surface area (Å²) in [6.45, 7) is 1.99. The summed E-state index contributed by atoms with van der Waals surface area (Å²) < 4.78 is 0. The van der Waals surface area contributed by atoms with Gasteiger partial charge in [-0.25, -0.2) is 0 Å². The highest BCUT2D eigenvalue weighted by Gasteiger charge is 2.04. The molecule has 0 radical (unpaired) electrons. The highest BCUT2D eigenvalue weighted by Crippen LogP contribution is 1.99. The maximum atomic E-state index is 9.79. The maximum absolute atomic E-state index is 9.79. The van der Waals surface area contributed by atoms with Crippen LogP contribution in [-0.4, -0.2) is 24.6 Å². The average molecular weight is 127 g/mol. The van der Waals surface area contributed by atoms with Crippen LogP contribution in [-0.2, 0) is 9.63 Å². The van der Waals surface area contributed by atoms with Gasteiger partial charge in [0.25, 0.3) is 0 Å². The van der Waals surface area contributed by atoms with Crippen molar-refractivity contribution in [1.82, 2.24) is 5.06 Å². The molecule has 0 aromatic heterocycles. The third kappa shape index (κ3) is 1.85. The topological polar surface area (TPSA) is 29.5 Å². The van der Waals surface area contributed by atoms with Crippen LogP contribution in [0.4, 0.5) is 0 Å². The minimum Gasteiger partial charge on any atom is -0.371 e. The maximum Gasteiger partial charge on any atom is 0.313 e. The molecule has 0 saturated carbocycles. The molecule has 1 aliphatic rings. The van der Waals surface area contributed by atoms with Gasteiger partial charge in [-0.2, -0.15) is 0 Å². The molecular weight excluding hydrogens is 118 g/mol. The zero-order chi connectivity index (χ0) is 6.53. The lowest BCUT2D eigenvalue weighted by atomic mass is 10.3. The molecule has 0 aromatic rings. The fourth-order valence-corrected chi connectivity index (χ4v) is 0.776. The lowest BCUT2D eigenvalue weighted by Gasteiger charge is -2.18. The fourth-order valence-electron chi connectivity index (χ4n) is 0.776. The van der Waals surface area contributed by atoms with E-state index in [4.69, 9.17) is 0 Å². The van der Waals surface area contributed by atoms with E-state index in [-0.39, 0.29) is 0 Å². The Hall–Kier alpha value is -0.830. The van der Waals surface area contributed by atoms with Crippen LogP contribution in [0.2, 0.25) is 0 Å². The van der Waals surface area contributed by atoms with E-state index in [9.17, 15) is 4.79 Å². The molecule has 9 heavy (non-hydrogen) atoms. The Labute approximate surface area is 53.9 Å². The third-order valence-electron chi connectivity index (χ3n) is 1.21. The molecule has 50 valence electrons. The van der Waals surface area contributed by atoms with Gasteiger partial charge in [0.15, 0.2) is 0 Å². The molecule has 1 rings (SSSR count). The molecule has 0 atom stereocenters. The van der Waals surface area contributed by atoms with Gasteiger partial charge in [0.05, 0.1) is 6.54 Å². The van der Waals surface area contributed by atoms with E-state index in [0.717, 1.165) is 19.5 Å². The number of rotatable bonds is 2. The molecule has 1 heterocycles. The van der Waals surface area contributed by atoms with Crippen LogP contribution in [0, 0.1) is 0 Å². The van der Waals surface area contributed by atoms with Crippen molar-refractivity contribution in [2.24, 2.45) is 0 Å². The second-order valence-corrected chi connectivity index (χ2v) is 1.85. The summed E-state index contributed by atoms with van der Waals surface area (Å²) in [5.74, 6) is 0. The molecule has 0 spiro atoms. The zero-order valence-electron chi connectivity index (χ0n) is 5.12. The van der Waals surface area contributed by atoms with Crippen molar-refractivity contribution in [3.8, 4) is 0 Å². The molecule has 0 fully saturated rings. The van der Waals surface area contributed by atoms with Crippen molar-refractivity contribution >= 4 is 6.47 Å². The van der Waals surface area contributed by atoms with Crippen molar-refractivity contribution in [2.75, 3.05) is 13.1 Å². The molecule has 0 N–H and O–H groups in total. The number of carbonyl (C=O) groups excluding carboxylic acids is 1.